The van der Waals surface area contributed by atoms with Crippen LogP contribution in [0.25, 0.3) is 0 Å². The van der Waals surface area contributed by atoms with Crippen LogP contribution >= 0.6 is 0 Å². The highest BCUT2D eigenvalue weighted by Crippen LogP contribution is 2.29. The number of nitrogens with one attached hydrogen (secondary N) is 1. The molecule has 0 saturated carbocycles. The Morgan fingerprint density at radius 3 is 3.00 bits per heavy atom. The number of rotatable bonds is 0. The van der Waals surface area contributed by atoms with Crippen molar-refractivity contribution in [2.45, 2.75) is 20.3 Å². The summed E-state index contributed by atoms with van der Waals surface area (Å²) in [4.78, 5) is 11.6. The van der Waals surface area contributed by atoms with Crippen LogP contribution < -0.4 is 5.32 Å². The monoisotopic (exact) mass is 189 g/mol. The predicted molar refractivity (Wildman–Crippen MR) is 56.7 cm³/mol. The van der Waals surface area contributed by atoms with Crippen molar-refractivity contribution in [1.82, 2.24) is 5.32 Å². The molecule has 1 saturated heterocycles. The van der Waals surface area contributed by atoms with Crippen LogP contribution in [0.5, 0.6) is 0 Å². The number of carbonyl (C=O) groups is 1. The lowest BCUT2D eigenvalue weighted by molar-refractivity contribution is -0.117. The molecule has 0 atom stereocenters. The van der Waals surface area contributed by atoms with Crippen LogP contribution in [0.4, 0.5) is 0 Å². The maximum Gasteiger partial charge on any atom is 0.251 e. The van der Waals surface area contributed by atoms with Crippen molar-refractivity contribution in [2.75, 3.05) is 6.54 Å². The summed E-state index contributed by atoms with van der Waals surface area (Å²) in [6.45, 7) is 4.97. The van der Waals surface area contributed by atoms with Crippen molar-refractivity contribution in [1.29, 1.82) is 0 Å². The normalized spacial score (nSPS) is 24.3. The molecule has 0 bridgehead atoms. The maximum absolute atomic E-state index is 11.6. The van der Waals surface area contributed by atoms with Gasteiger partial charge in [-0.05, 0) is 12.0 Å². The molecule has 0 radical (unpaired) electrons. The fourth-order valence-electron chi connectivity index (χ4n) is 1.85. The Morgan fingerprint density at radius 2 is 2.21 bits per heavy atom. The molecular formula is C12H15NO. The third-order valence-electron chi connectivity index (χ3n) is 2.61. The van der Waals surface area contributed by atoms with Gasteiger partial charge in [-0.2, -0.15) is 0 Å². The van der Waals surface area contributed by atoms with E-state index >= 15 is 0 Å². The van der Waals surface area contributed by atoms with Crippen molar-refractivity contribution in [2.24, 2.45) is 5.41 Å². The molecule has 2 nitrogen and oxygen atoms in total. The van der Waals surface area contributed by atoms with Crippen LogP contribution in [-0.2, 0) is 4.79 Å². The average molecular weight is 189 g/mol. The SMILES string of the molecule is CC1(C)C=CC=C2CCNC(=O)C2=C1. The van der Waals surface area contributed by atoms with Crippen molar-refractivity contribution in [3.8, 4) is 0 Å². The summed E-state index contributed by atoms with van der Waals surface area (Å²) in [6, 6.07) is 0. The van der Waals surface area contributed by atoms with Gasteiger partial charge in [-0.1, -0.05) is 38.2 Å². The van der Waals surface area contributed by atoms with Crippen molar-refractivity contribution in [3.05, 3.63) is 35.5 Å². The first-order chi connectivity index (χ1) is 6.58. The zero-order chi connectivity index (χ0) is 10.2. The molecule has 1 heterocycles. The van der Waals surface area contributed by atoms with Crippen LogP contribution in [0, 0.1) is 5.41 Å². The highest BCUT2D eigenvalue weighted by molar-refractivity contribution is 5.99. The fraction of sp³-hybridized carbons (Fsp3) is 0.417. The van der Waals surface area contributed by atoms with E-state index in [4.69, 9.17) is 0 Å². The van der Waals surface area contributed by atoms with E-state index < -0.39 is 0 Å². The molecule has 14 heavy (non-hydrogen) atoms. The van der Waals surface area contributed by atoms with Crippen LogP contribution in [0.15, 0.2) is 35.5 Å². The van der Waals surface area contributed by atoms with Gasteiger partial charge in [0.25, 0.3) is 5.91 Å². The smallest absolute Gasteiger partial charge is 0.251 e. The van der Waals surface area contributed by atoms with E-state index in [1.165, 1.54) is 0 Å². The van der Waals surface area contributed by atoms with E-state index in [1.807, 2.05) is 0 Å². The third-order valence-corrected chi connectivity index (χ3v) is 2.61. The molecule has 2 heteroatoms. The lowest BCUT2D eigenvalue weighted by Crippen LogP contribution is -2.32. The summed E-state index contributed by atoms with van der Waals surface area (Å²) in [5, 5.41) is 2.87. The quantitative estimate of drug-likeness (QED) is 0.620. The summed E-state index contributed by atoms with van der Waals surface area (Å²) in [5.74, 6) is 0.0688. The van der Waals surface area contributed by atoms with E-state index in [0.717, 1.165) is 24.1 Å². The number of fused-ring (bicyclic) bond motifs is 1. The van der Waals surface area contributed by atoms with Crippen molar-refractivity contribution >= 4 is 5.91 Å². The second kappa shape index (κ2) is 3.12. The van der Waals surface area contributed by atoms with Gasteiger partial charge >= 0.3 is 0 Å². The van der Waals surface area contributed by atoms with Gasteiger partial charge in [0.1, 0.15) is 0 Å². The lowest BCUT2D eigenvalue weighted by Gasteiger charge is -2.21. The highest BCUT2D eigenvalue weighted by Gasteiger charge is 2.23. The number of amides is 1. The first-order valence-electron chi connectivity index (χ1n) is 4.98. The van der Waals surface area contributed by atoms with Crippen molar-refractivity contribution in [3.63, 3.8) is 0 Å². The predicted octanol–water partition coefficient (Wildman–Crippen LogP) is 1.96. The Kier molecular flexibility index (Phi) is 2.06. The molecule has 0 aromatic carbocycles. The average Bonchev–Trinajstić information content (AvgIpc) is 2.24. The van der Waals surface area contributed by atoms with Gasteiger partial charge < -0.3 is 5.32 Å². The number of hydrogen-bond donors (Lipinski definition) is 1. The second-order valence-corrected chi connectivity index (χ2v) is 4.44. The minimum Gasteiger partial charge on any atom is -0.352 e. The van der Waals surface area contributed by atoms with E-state index in [1.54, 1.807) is 0 Å². The fourth-order valence-corrected chi connectivity index (χ4v) is 1.85. The molecule has 1 aliphatic heterocycles. The van der Waals surface area contributed by atoms with Crippen LogP contribution in [-0.4, -0.2) is 12.5 Å². The van der Waals surface area contributed by atoms with E-state index in [0.29, 0.717) is 0 Å². The summed E-state index contributed by atoms with van der Waals surface area (Å²) in [5.41, 5.74) is 1.99. The first-order valence-corrected chi connectivity index (χ1v) is 4.98. The van der Waals surface area contributed by atoms with Gasteiger partial charge in [0.15, 0.2) is 0 Å². The number of allylic oxidation sites excluding steroid dienone is 4. The molecule has 1 fully saturated rings. The standard InChI is InChI=1S/C12H15NO/c1-12(2)6-3-4-9-5-7-13-11(14)10(9)8-12/h3-4,6,8H,5,7H2,1-2H3,(H,13,14). The second-order valence-electron chi connectivity index (χ2n) is 4.44. The number of piperidine rings is 1. The molecule has 1 N–H and O–H groups in total. The first kappa shape index (κ1) is 9.25. The Morgan fingerprint density at radius 1 is 1.43 bits per heavy atom. The van der Waals surface area contributed by atoms with Gasteiger partial charge in [-0.3, -0.25) is 4.79 Å². The molecule has 1 amide bonds. The summed E-state index contributed by atoms with van der Waals surface area (Å²) >= 11 is 0. The Bertz CT molecular complexity index is 359. The topological polar surface area (TPSA) is 29.1 Å². The summed E-state index contributed by atoms with van der Waals surface area (Å²) in [6.07, 6.45) is 9.23. The van der Waals surface area contributed by atoms with Crippen LogP contribution in [0.2, 0.25) is 0 Å². The van der Waals surface area contributed by atoms with Gasteiger partial charge in [-0.25, -0.2) is 0 Å². The zero-order valence-electron chi connectivity index (χ0n) is 8.63. The Labute approximate surface area is 84.4 Å². The molecule has 1 aliphatic carbocycles. The van der Waals surface area contributed by atoms with E-state index in [-0.39, 0.29) is 11.3 Å². The lowest BCUT2D eigenvalue weighted by atomic mass is 9.88. The molecule has 0 spiro atoms. The van der Waals surface area contributed by atoms with Crippen LogP contribution in [0.1, 0.15) is 20.3 Å². The minimum atomic E-state index is -0.0255. The molecule has 74 valence electrons. The Hall–Kier alpha value is -1.31. The van der Waals surface area contributed by atoms with Gasteiger partial charge in [-0.15, -0.1) is 0 Å². The Balaban J connectivity index is 2.45. The third kappa shape index (κ3) is 1.65. The van der Waals surface area contributed by atoms with Gasteiger partial charge in [0.2, 0.25) is 0 Å². The molecule has 0 aromatic heterocycles. The van der Waals surface area contributed by atoms with Gasteiger partial charge in [0.05, 0.1) is 0 Å². The van der Waals surface area contributed by atoms with Gasteiger partial charge in [0, 0.05) is 17.5 Å². The largest absolute Gasteiger partial charge is 0.352 e. The molecule has 0 unspecified atom stereocenters. The highest BCUT2D eigenvalue weighted by atomic mass is 16.1. The molecule has 0 aromatic rings. The zero-order valence-corrected chi connectivity index (χ0v) is 8.63. The molecule has 2 rings (SSSR count). The number of carbonyl (C=O) groups excluding carboxylic acids is 1. The van der Waals surface area contributed by atoms with E-state index in [9.17, 15) is 4.79 Å². The van der Waals surface area contributed by atoms with E-state index in [2.05, 4.69) is 43.5 Å². The van der Waals surface area contributed by atoms with Crippen LogP contribution in [0.3, 0.4) is 0 Å². The molecular weight excluding hydrogens is 174 g/mol. The number of hydrogen-bond acceptors (Lipinski definition) is 1. The maximum atomic E-state index is 11.6. The minimum absolute atomic E-state index is 0.0255. The summed E-state index contributed by atoms with van der Waals surface area (Å²) < 4.78 is 0. The van der Waals surface area contributed by atoms with Crippen molar-refractivity contribution < 1.29 is 4.79 Å². The molecule has 2 aliphatic rings. The summed E-state index contributed by atoms with van der Waals surface area (Å²) in [7, 11) is 0.